The van der Waals surface area contributed by atoms with Gasteiger partial charge < -0.3 is 9.84 Å². The molecular formula is C13H12F3N3O2. The Bertz CT molecular complexity index is 620. The highest BCUT2D eigenvalue weighted by molar-refractivity contribution is 5.76. The molecule has 0 spiro atoms. The fourth-order valence-electron chi connectivity index (χ4n) is 1.56. The van der Waals surface area contributed by atoms with Crippen LogP contribution >= 0.6 is 0 Å². The molecule has 0 atom stereocenters. The largest absolute Gasteiger partial charge is 0.397 e. The summed E-state index contributed by atoms with van der Waals surface area (Å²) >= 11 is 0. The zero-order chi connectivity index (χ0) is 15.5. The molecule has 0 aliphatic carbocycles. The van der Waals surface area contributed by atoms with E-state index in [-0.39, 0.29) is 18.3 Å². The Morgan fingerprint density at radius 2 is 1.95 bits per heavy atom. The number of carbonyl (C=O) groups excluding carboxylic acids is 1. The van der Waals surface area contributed by atoms with Gasteiger partial charge in [0.1, 0.15) is 6.42 Å². The van der Waals surface area contributed by atoms with Crippen molar-refractivity contribution in [1.29, 1.82) is 0 Å². The zero-order valence-corrected chi connectivity index (χ0v) is 11.1. The lowest BCUT2D eigenvalue weighted by atomic mass is 10.1. The molecule has 0 aliphatic heterocycles. The first-order valence-electron chi connectivity index (χ1n) is 6.06. The minimum atomic E-state index is -4.53. The molecule has 0 aliphatic rings. The van der Waals surface area contributed by atoms with Gasteiger partial charge in [0, 0.05) is 5.56 Å². The van der Waals surface area contributed by atoms with Crippen molar-refractivity contribution < 1.29 is 22.5 Å². The smallest absolute Gasteiger partial charge is 0.348 e. The van der Waals surface area contributed by atoms with Gasteiger partial charge in [-0.05, 0) is 19.1 Å². The minimum absolute atomic E-state index is 0.112. The number of aryl methyl sites for hydroxylation is 1. The average Bonchev–Trinajstić information content (AvgIpc) is 2.84. The van der Waals surface area contributed by atoms with Crippen LogP contribution in [0.4, 0.5) is 13.2 Å². The molecule has 1 aromatic heterocycles. The standard InChI is InChI=1S/C13H12F3N3O2/c1-8-2-4-9(5-3-8)12-18-10(19-21-12)7-17-11(20)6-13(14,15)16/h2-5H,6-7H2,1H3,(H,17,20). The first-order valence-corrected chi connectivity index (χ1v) is 6.06. The highest BCUT2D eigenvalue weighted by atomic mass is 19.4. The van der Waals surface area contributed by atoms with Crippen molar-refractivity contribution in [3.05, 3.63) is 35.7 Å². The Morgan fingerprint density at radius 1 is 1.29 bits per heavy atom. The molecule has 0 fully saturated rings. The molecule has 1 aromatic carbocycles. The first kappa shape index (κ1) is 15.0. The highest BCUT2D eigenvalue weighted by Crippen LogP contribution is 2.19. The van der Waals surface area contributed by atoms with Crippen molar-refractivity contribution in [2.24, 2.45) is 0 Å². The van der Waals surface area contributed by atoms with E-state index in [4.69, 9.17) is 4.52 Å². The van der Waals surface area contributed by atoms with Gasteiger partial charge >= 0.3 is 6.18 Å². The lowest BCUT2D eigenvalue weighted by Gasteiger charge is -2.05. The molecule has 5 nitrogen and oxygen atoms in total. The van der Waals surface area contributed by atoms with Crippen LogP contribution < -0.4 is 5.32 Å². The number of nitrogens with one attached hydrogen (secondary N) is 1. The lowest BCUT2D eigenvalue weighted by Crippen LogP contribution is -2.28. The van der Waals surface area contributed by atoms with E-state index in [9.17, 15) is 18.0 Å². The van der Waals surface area contributed by atoms with Crippen molar-refractivity contribution in [3.8, 4) is 11.5 Å². The van der Waals surface area contributed by atoms with E-state index in [2.05, 4.69) is 15.5 Å². The molecule has 1 heterocycles. The summed E-state index contributed by atoms with van der Waals surface area (Å²) in [5.41, 5.74) is 1.76. The van der Waals surface area contributed by atoms with Crippen molar-refractivity contribution in [3.63, 3.8) is 0 Å². The average molecular weight is 299 g/mol. The van der Waals surface area contributed by atoms with E-state index in [1.165, 1.54) is 0 Å². The summed E-state index contributed by atoms with van der Waals surface area (Å²) < 4.78 is 40.9. The maximum Gasteiger partial charge on any atom is 0.397 e. The molecule has 0 bridgehead atoms. The summed E-state index contributed by atoms with van der Waals surface area (Å²) in [6, 6.07) is 7.30. The fraction of sp³-hybridized carbons (Fsp3) is 0.308. The zero-order valence-electron chi connectivity index (χ0n) is 11.1. The maximum atomic E-state index is 12.0. The molecule has 1 amide bonds. The normalized spacial score (nSPS) is 11.4. The predicted molar refractivity (Wildman–Crippen MR) is 67.0 cm³/mol. The number of rotatable bonds is 4. The van der Waals surface area contributed by atoms with Crippen molar-refractivity contribution in [2.75, 3.05) is 0 Å². The number of alkyl halides is 3. The van der Waals surface area contributed by atoms with Crippen molar-refractivity contribution >= 4 is 5.91 Å². The molecule has 1 N–H and O–H groups in total. The monoisotopic (exact) mass is 299 g/mol. The second-order valence-electron chi connectivity index (χ2n) is 4.45. The molecule has 0 saturated carbocycles. The third kappa shape index (κ3) is 4.59. The summed E-state index contributed by atoms with van der Waals surface area (Å²) in [6.45, 7) is 1.71. The number of aromatic nitrogens is 2. The van der Waals surface area contributed by atoms with Gasteiger partial charge in [-0.3, -0.25) is 4.79 Å². The van der Waals surface area contributed by atoms with Gasteiger partial charge in [0.25, 0.3) is 5.89 Å². The quantitative estimate of drug-likeness (QED) is 0.942. The van der Waals surface area contributed by atoms with Gasteiger partial charge in [-0.15, -0.1) is 0 Å². The third-order valence-electron chi connectivity index (χ3n) is 2.57. The Morgan fingerprint density at radius 3 is 2.57 bits per heavy atom. The summed E-state index contributed by atoms with van der Waals surface area (Å²) in [7, 11) is 0. The van der Waals surface area contributed by atoms with Crippen LogP contribution in [0, 0.1) is 6.92 Å². The van der Waals surface area contributed by atoms with Crippen LogP contribution in [0.1, 0.15) is 17.8 Å². The van der Waals surface area contributed by atoms with Crippen LogP contribution in [0.25, 0.3) is 11.5 Å². The first-order chi connectivity index (χ1) is 9.83. The van der Waals surface area contributed by atoms with Gasteiger partial charge in [-0.1, -0.05) is 22.9 Å². The Labute approximate surface area is 118 Å². The number of hydrogen-bond donors (Lipinski definition) is 1. The van der Waals surface area contributed by atoms with E-state index < -0.39 is 18.5 Å². The van der Waals surface area contributed by atoms with Gasteiger partial charge in [0.15, 0.2) is 5.82 Å². The van der Waals surface area contributed by atoms with Crippen LogP contribution in [-0.2, 0) is 11.3 Å². The number of halogens is 3. The van der Waals surface area contributed by atoms with Crippen LogP contribution in [0.15, 0.2) is 28.8 Å². The highest BCUT2D eigenvalue weighted by Gasteiger charge is 2.31. The maximum absolute atomic E-state index is 12.0. The Balaban J connectivity index is 1.94. The SMILES string of the molecule is Cc1ccc(-c2nc(CNC(=O)CC(F)(F)F)no2)cc1. The minimum Gasteiger partial charge on any atom is -0.348 e. The Hall–Kier alpha value is -2.38. The topological polar surface area (TPSA) is 68.0 Å². The number of hydrogen-bond acceptors (Lipinski definition) is 4. The van der Waals surface area contributed by atoms with Crippen LogP contribution in [-0.4, -0.2) is 22.2 Å². The second kappa shape index (κ2) is 5.94. The molecule has 21 heavy (non-hydrogen) atoms. The van der Waals surface area contributed by atoms with Gasteiger partial charge in [0.05, 0.1) is 6.54 Å². The van der Waals surface area contributed by atoms with Gasteiger partial charge in [0.2, 0.25) is 5.91 Å². The summed E-state index contributed by atoms with van der Waals surface area (Å²) in [6.07, 6.45) is -6.07. The molecule has 0 unspecified atom stereocenters. The fourth-order valence-corrected chi connectivity index (χ4v) is 1.56. The van der Waals surface area contributed by atoms with Crippen LogP contribution in [0.2, 0.25) is 0 Å². The molecule has 8 heteroatoms. The number of amides is 1. The molecule has 2 aromatic rings. The second-order valence-corrected chi connectivity index (χ2v) is 4.45. The van der Waals surface area contributed by atoms with E-state index >= 15 is 0 Å². The Kier molecular flexibility index (Phi) is 4.25. The predicted octanol–water partition coefficient (Wildman–Crippen LogP) is 2.61. The van der Waals surface area contributed by atoms with Crippen LogP contribution in [0.5, 0.6) is 0 Å². The van der Waals surface area contributed by atoms with Crippen LogP contribution in [0.3, 0.4) is 0 Å². The lowest BCUT2D eigenvalue weighted by molar-refractivity contribution is -0.153. The summed E-state index contributed by atoms with van der Waals surface area (Å²) in [5, 5.41) is 5.69. The summed E-state index contributed by atoms with van der Waals surface area (Å²) in [4.78, 5) is 15.0. The van der Waals surface area contributed by atoms with E-state index in [0.29, 0.717) is 5.56 Å². The summed E-state index contributed by atoms with van der Waals surface area (Å²) in [5.74, 6) is -0.777. The number of benzene rings is 1. The molecule has 0 radical (unpaired) electrons. The van der Waals surface area contributed by atoms with Crippen molar-refractivity contribution in [2.45, 2.75) is 26.1 Å². The van der Waals surface area contributed by atoms with E-state index in [0.717, 1.165) is 5.56 Å². The molecule has 0 saturated heterocycles. The van der Waals surface area contributed by atoms with E-state index in [1.54, 1.807) is 12.1 Å². The number of nitrogens with zero attached hydrogens (tertiary/aromatic N) is 2. The van der Waals surface area contributed by atoms with Gasteiger partial charge in [-0.25, -0.2) is 0 Å². The molecule has 2 rings (SSSR count). The van der Waals surface area contributed by atoms with E-state index in [1.807, 2.05) is 19.1 Å². The molecular weight excluding hydrogens is 287 g/mol. The van der Waals surface area contributed by atoms with Crippen molar-refractivity contribution in [1.82, 2.24) is 15.5 Å². The van der Waals surface area contributed by atoms with Gasteiger partial charge in [-0.2, -0.15) is 18.2 Å². The third-order valence-corrected chi connectivity index (χ3v) is 2.57. The number of carbonyl (C=O) groups is 1. The molecule has 112 valence electrons.